The van der Waals surface area contributed by atoms with Crippen molar-refractivity contribution in [1.29, 1.82) is 0 Å². The molecule has 0 radical (unpaired) electrons. The number of thiazole rings is 1. The molecule has 0 aliphatic carbocycles. The maximum absolute atomic E-state index is 12.5. The molecule has 0 fully saturated rings. The molecule has 1 aromatic heterocycles. The first-order valence-corrected chi connectivity index (χ1v) is 11.7. The largest absolute Gasteiger partial charge is 0.493 e. The van der Waals surface area contributed by atoms with E-state index >= 15 is 0 Å². The van der Waals surface area contributed by atoms with Crippen LogP contribution in [0.1, 0.15) is 12.5 Å². The van der Waals surface area contributed by atoms with Gasteiger partial charge in [-0.05, 0) is 12.5 Å². The lowest BCUT2D eigenvalue weighted by Gasteiger charge is -2.09. The van der Waals surface area contributed by atoms with Gasteiger partial charge in [-0.15, -0.1) is 11.8 Å². The molecular formula is C22H26N2O4S2. The highest BCUT2D eigenvalue weighted by atomic mass is 32.2. The van der Waals surface area contributed by atoms with Gasteiger partial charge in [0.05, 0.1) is 36.8 Å². The van der Waals surface area contributed by atoms with Crippen LogP contribution in [-0.4, -0.2) is 43.7 Å². The molecule has 0 N–H and O–H groups in total. The van der Waals surface area contributed by atoms with E-state index in [2.05, 4.69) is 17.1 Å². The Balaban J connectivity index is 1.86. The van der Waals surface area contributed by atoms with Crippen LogP contribution in [0.25, 0.3) is 10.2 Å². The molecule has 2 aromatic carbocycles. The quantitative estimate of drug-likeness (QED) is 0.439. The van der Waals surface area contributed by atoms with Crippen molar-refractivity contribution >= 4 is 39.2 Å². The number of aromatic nitrogens is 1. The van der Waals surface area contributed by atoms with Crippen LogP contribution in [0.5, 0.6) is 11.5 Å². The summed E-state index contributed by atoms with van der Waals surface area (Å²) < 4.78 is 19.4. The average molecular weight is 447 g/mol. The second kappa shape index (κ2) is 11.2. The number of hydrogen-bond donors (Lipinski definition) is 0. The van der Waals surface area contributed by atoms with Gasteiger partial charge >= 0.3 is 0 Å². The summed E-state index contributed by atoms with van der Waals surface area (Å²) in [5.74, 6) is 2.27. The number of amides is 1. The van der Waals surface area contributed by atoms with Crippen molar-refractivity contribution in [1.82, 2.24) is 4.57 Å². The van der Waals surface area contributed by atoms with Crippen molar-refractivity contribution in [3.8, 4) is 11.5 Å². The maximum atomic E-state index is 12.5. The summed E-state index contributed by atoms with van der Waals surface area (Å²) in [5, 5.41) is 0. The molecule has 30 heavy (non-hydrogen) atoms. The highest BCUT2D eigenvalue weighted by Gasteiger charge is 2.13. The number of benzene rings is 2. The van der Waals surface area contributed by atoms with Gasteiger partial charge in [-0.25, -0.2) is 0 Å². The van der Waals surface area contributed by atoms with Gasteiger partial charge in [0.25, 0.3) is 5.91 Å². The molecule has 3 aromatic rings. The molecule has 6 nitrogen and oxygen atoms in total. The molecule has 8 heteroatoms. The summed E-state index contributed by atoms with van der Waals surface area (Å²) >= 11 is 3.03. The van der Waals surface area contributed by atoms with Gasteiger partial charge in [0.15, 0.2) is 16.3 Å². The fourth-order valence-corrected chi connectivity index (χ4v) is 4.82. The lowest BCUT2D eigenvalue weighted by Crippen LogP contribution is -2.20. The van der Waals surface area contributed by atoms with E-state index in [1.807, 2.05) is 41.8 Å². The zero-order valence-electron chi connectivity index (χ0n) is 17.4. The Kier molecular flexibility index (Phi) is 8.36. The van der Waals surface area contributed by atoms with Crippen molar-refractivity contribution in [2.75, 3.05) is 33.2 Å². The van der Waals surface area contributed by atoms with E-state index in [0.717, 1.165) is 16.0 Å². The van der Waals surface area contributed by atoms with E-state index in [-0.39, 0.29) is 5.91 Å². The van der Waals surface area contributed by atoms with Crippen LogP contribution in [-0.2, 0) is 21.8 Å². The standard InChI is InChI=1S/C22H26N2O4S2/c1-4-28-11-10-24-17-12-18(26-2)19(27-3)13-20(17)30-22(24)23-21(25)15-29-14-16-8-6-5-7-9-16/h5-9,12-13H,4,10-11,14-15H2,1-3H3. The number of carbonyl (C=O) groups excluding carboxylic acids is 1. The number of nitrogens with zero attached hydrogens (tertiary/aromatic N) is 2. The fourth-order valence-electron chi connectivity index (χ4n) is 2.97. The third-order valence-electron chi connectivity index (χ3n) is 4.41. The minimum Gasteiger partial charge on any atom is -0.493 e. The molecule has 1 heterocycles. The van der Waals surface area contributed by atoms with Gasteiger partial charge in [0, 0.05) is 31.0 Å². The van der Waals surface area contributed by atoms with Gasteiger partial charge in [-0.3, -0.25) is 4.79 Å². The monoisotopic (exact) mass is 446 g/mol. The molecule has 0 aliphatic heterocycles. The summed E-state index contributed by atoms with van der Waals surface area (Å²) in [6.07, 6.45) is 0. The first-order chi connectivity index (χ1) is 14.7. The summed E-state index contributed by atoms with van der Waals surface area (Å²) in [5.41, 5.74) is 2.14. The van der Waals surface area contributed by atoms with E-state index in [1.165, 1.54) is 16.9 Å². The molecule has 0 unspecified atom stereocenters. The number of hydrogen-bond acceptors (Lipinski definition) is 6. The zero-order valence-corrected chi connectivity index (χ0v) is 19.1. The normalized spacial score (nSPS) is 11.8. The van der Waals surface area contributed by atoms with E-state index in [9.17, 15) is 4.79 Å². The zero-order chi connectivity index (χ0) is 21.3. The number of fused-ring (bicyclic) bond motifs is 1. The van der Waals surface area contributed by atoms with Crippen LogP contribution in [0.4, 0.5) is 0 Å². The molecule has 0 aliphatic rings. The first kappa shape index (κ1) is 22.4. The highest BCUT2D eigenvalue weighted by Crippen LogP contribution is 2.33. The maximum Gasteiger partial charge on any atom is 0.258 e. The van der Waals surface area contributed by atoms with Crippen molar-refractivity contribution < 1.29 is 19.0 Å². The smallest absolute Gasteiger partial charge is 0.258 e. The number of methoxy groups -OCH3 is 2. The molecular weight excluding hydrogens is 420 g/mol. The van der Waals surface area contributed by atoms with Crippen LogP contribution in [0, 0.1) is 0 Å². The first-order valence-electron chi connectivity index (χ1n) is 9.68. The molecule has 0 spiro atoms. The van der Waals surface area contributed by atoms with E-state index < -0.39 is 0 Å². The Morgan fingerprint density at radius 3 is 2.57 bits per heavy atom. The Labute approximate surface area is 184 Å². The lowest BCUT2D eigenvalue weighted by atomic mass is 10.2. The number of thioether (sulfide) groups is 1. The van der Waals surface area contributed by atoms with Crippen LogP contribution in [0.3, 0.4) is 0 Å². The fraction of sp³-hybridized carbons (Fsp3) is 0.364. The third-order valence-corrected chi connectivity index (χ3v) is 6.44. The molecule has 1 amide bonds. The molecule has 0 bridgehead atoms. The summed E-state index contributed by atoms with van der Waals surface area (Å²) in [4.78, 5) is 17.6. The van der Waals surface area contributed by atoms with Crippen molar-refractivity contribution in [2.24, 2.45) is 4.99 Å². The van der Waals surface area contributed by atoms with Gasteiger partial charge in [0.2, 0.25) is 0 Å². The lowest BCUT2D eigenvalue weighted by molar-refractivity contribution is -0.115. The Morgan fingerprint density at radius 1 is 1.13 bits per heavy atom. The van der Waals surface area contributed by atoms with E-state index in [1.54, 1.807) is 26.0 Å². The van der Waals surface area contributed by atoms with E-state index in [0.29, 0.717) is 41.8 Å². The second-order valence-corrected chi connectivity index (χ2v) is 8.39. The van der Waals surface area contributed by atoms with Crippen molar-refractivity contribution in [2.45, 2.75) is 19.2 Å². The predicted octanol–water partition coefficient (Wildman–Crippen LogP) is 4.12. The summed E-state index contributed by atoms with van der Waals surface area (Å²) in [6.45, 7) is 3.75. The third kappa shape index (κ3) is 5.65. The van der Waals surface area contributed by atoms with Crippen LogP contribution in [0.2, 0.25) is 0 Å². The summed E-state index contributed by atoms with van der Waals surface area (Å²) in [6, 6.07) is 14.0. The topological polar surface area (TPSA) is 62.1 Å². The highest BCUT2D eigenvalue weighted by molar-refractivity contribution is 7.99. The Hall–Kier alpha value is -2.29. The van der Waals surface area contributed by atoms with Gasteiger partial charge < -0.3 is 18.8 Å². The predicted molar refractivity (Wildman–Crippen MR) is 123 cm³/mol. The van der Waals surface area contributed by atoms with Crippen molar-refractivity contribution in [3.05, 3.63) is 52.8 Å². The average Bonchev–Trinajstić information content (AvgIpc) is 3.09. The number of rotatable bonds is 10. The minimum atomic E-state index is -0.147. The Bertz CT molecular complexity index is 1040. The molecule has 0 atom stereocenters. The van der Waals surface area contributed by atoms with Crippen molar-refractivity contribution in [3.63, 3.8) is 0 Å². The number of ether oxygens (including phenoxy) is 3. The van der Waals surface area contributed by atoms with Crippen LogP contribution >= 0.6 is 23.1 Å². The van der Waals surface area contributed by atoms with Gasteiger partial charge in [-0.2, -0.15) is 4.99 Å². The van der Waals surface area contributed by atoms with Gasteiger partial charge in [0.1, 0.15) is 0 Å². The molecule has 0 saturated carbocycles. The minimum absolute atomic E-state index is 0.147. The van der Waals surface area contributed by atoms with Crippen LogP contribution < -0.4 is 14.3 Å². The summed E-state index contributed by atoms with van der Waals surface area (Å²) in [7, 11) is 3.22. The van der Waals surface area contributed by atoms with E-state index in [4.69, 9.17) is 14.2 Å². The second-order valence-electron chi connectivity index (χ2n) is 6.39. The van der Waals surface area contributed by atoms with Gasteiger partial charge in [-0.1, -0.05) is 41.7 Å². The van der Waals surface area contributed by atoms with Crippen LogP contribution in [0.15, 0.2) is 47.5 Å². The molecule has 0 saturated heterocycles. The number of carbonyl (C=O) groups is 1. The molecule has 3 rings (SSSR count). The Morgan fingerprint density at radius 2 is 1.87 bits per heavy atom. The molecule has 160 valence electrons. The SMILES string of the molecule is CCOCCn1c(=NC(=O)CSCc2ccccc2)sc2cc(OC)c(OC)cc21.